The van der Waals surface area contributed by atoms with Crippen LogP contribution in [-0.2, 0) is 24.2 Å². The van der Waals surface area contributed by atoms with Crippen molar-refractivity contribution in [3.05, 3.63) is 11.6 Å². The van der Waals surface area contributed by atoms with Gasteiger partial charge in [0.25, 0.3) is 0 Å². The molecule has 3 rings (SSSR count). The summed E-state index contributed by atoms with van der Waals surface area (Å²) in [7, 11) is 1.79. The van der Waals surface area contributed by atoms with Crippen molar-refractivity contribution in [2.75, 3.05) is 39.8 Å². The van der Waals surface area contributed by atoms with E-state index in [2.05, 4.69) is 49.1 Å². The fourth-order valence-electron chi connectivity index (χ4n) is 3.52. The van der Waals surface area contributed by atoms with Gasteiger partial charge in [-0.15, -0.1) is 34.2 Å². The first-order valence-corrected chi connectivity index (χ1v) is 9.35. The Kier molecular flexibility index (Phi) is 8.55. The van der Waals surface area contributed by atoms with Gasteiger partial charge < -0.3 is 19.9 Å². The third-order valence-corrected chi connectivity index (χ3v) is 4.67. The van der Waals surface area contributed by atoms with Crippen molar-refractivity contribution >= 4 is 29.9 Å². The number of nitrogens with zero attached hydrogens (tertiary/aromatic N) is 5. The van der Waals surface area contributed by atoms with Crippen LogP contribution in [0.15, 0.2) is 4.99 Å². The molecule has 26 heavy (non-hydrogen) atoms. The average molecular weight is 477 g/mol. The topological polar surface area (TPSA) is 79.6 Å². The van der Waals surface area contributed by atoms with E-state index in [1.54, 1.807) is 7.05 Å². The Hall–Kier alpha value is -0.940. The van der Waals surface area contributed by atoms with Crippen LogP contribution in [0, 0.1) is 5.92 Å². The van der Waals surface area contributed by atoms with Crippen molar-refractivity contribution in [3.8, 4) is 0 Å². The SMILES string of the molecule is CN=C(NCc1nnc2n1CCC2)NCC1CN(CC(C)C)CCO1.I. The lowest BCUT2D eigenvalue weighted by Gasteiger charge is -2.34. The summed E-state index contributed by atoms with van der Waals surface area (Å²) in [6.07, 6.45) is 2.39. The van der Waals surface area contributed by atoms with E-state index < -0.39 is 0 Å². The van der Waals surface area contributed by atoms with Crippen molar-refractivity contribution < 1.29 is 4.74 Å². The van der Waals surface area contributed by atoms with E-state index in [4.69, 9.17) is 4.74 Å². The predicted molar refractivity (Wildman–Crippen MR) is 113 cm³/mol. The van der Waals surface area contributed by atoms with Crippen LogP contribution < -0.4 is 10.6 Å². The van der Waals surface area contributed by atoms with E-state index in [9.17, 15) is 0 Å². The van der Waals surface area contributed by atoms with Crippen LogP contribution in [0.2, 0.25) is 0 Å². The fourth-order valence-corrected chi connectivity index (χ4v) is 3.52. The molecule has 2 aliphatic rings. The van der Waals surface area contributed by atoms with Gasteiger partial charge in [-0.1, -0.05) is 13.8 Å². The number of hydrogen-bond acceptors (Lipinski definition) is 5. The van der Waals surface area contributed by atoms with Crippen molar-refractivity contribution in [1.29, 1.82) is 0 Å². The maximum absolute atomic E-state index is 5.88. The number of aromatic nitrogens is 3. The van der Waals surface area contributed by atoms with Crippen LogP contribution in [0.5, 0.6) is 0 Å². The highest BCUT2D eigenvalue weighted by molar-refractivity contribution is 14.0. The molecule has 2 N–H and O–H groups in total. The first-order chi connectivity index (χ1) is 12.2. The molecular formula is C17H32IN7O. The number of aliphatic imine (C=N–C) groups is 1. The first kappa shape index (κ1) is 21.4. The van der Waals surface area contributed by atoms with Gasteiger partial charge in [-0.3, -0.25) is 9.89 Å². The molecule has 0 saturated carbocycles. The molecular weight excluding hydrogens is 445 g/mol. The second-order valence-corrected chi connectivity index (χ2v) is 7.24. The third kappa shape index (κ3) is 5.78. The zero-order valence-electron chi connectivity index (χ0n) is 16.1. The van der Waals surface area contributed by atoms with Gasteiger partial charge in [0.1, 0.15) is 5.82 Å². The highest BCUT2D eigenvalue weighted by atomic mass is 127. The summed E-state index contributed by atoms with van der Waals surface area (Å²) in [6.45, 7) is 10.9. The summed E-state index contributed by atoms with van der Waals surface area (Å²) < 4.78 is 8.08. The molecule has 0 spiro atoms. The summed E-state index contributed by atoms with van der Waals surface area (Å²) in [6, 6.07) is 0. The number of halogens is 1. The standard InChI is InChI=1S/C17H31N7O.HI/c1-13(2)11-23-7-8-25-14(12-23)9-19-17(18-3)20-10-16-22-21-15-5-4-6-24(15)16;/h13-14H,4-12H2,1-3H3,(H2,18,19,20);1H. The van der Waals surface area contributed by atoms with Gasteiger partial charge in [0.15, 0.2) is 11.8 Å². The highest BCUT2D eigenvalue weighted by Gasteiger charge is 2.21. The highest BCUT2D eigenvalue weighted by Crippen LogP contribution is 2.13. The maximum atomic E-state index is 5.88. The number of aryl methyl sites for hydroxylation is 1. The van der Waals surface area contributed by atoms with E-state index in [1.807, 2.05) is 0 Å². The van der Waals surface area contributed by atoms with Crippen LogP contribution in [0.4, 0.5) is 0 Å². The number of guanidine groups is 1. The Morgan fingerprint density at radius 1 is 1.31 bits per heavy atom. The number of rotatable bonds is 6. The Balaban J connectivity index is 0.00000243. The predicted octanol–water partition coefficient (Wildman–Crippen LogP) is 0.864. The zero-order valence-corrected chi connectivity index (χ0v) is 18.4. The number of ether oxygens (including phenoxy) is 1. The van der Waals surface area contributed by atoms with E-state index in [0.717, 1.165) is 69.8 Å². The van der Waals surface area contributed by atoms with Crippen molar-refractivity contribution in [3.63, 3.8) is 0 Å². The molecule has 1 saturated heterocycles. The minimum absolute atomic E-state index is 0. The molecule has 0 radical (unpaired) electrons. The molecule has 2 aliphatic heterocycles. The van der Waals surface area contributed by atoms with Crippen molar-refractivity contribution in [1.82, 2.24) is 30.3 Å². The van der Waals surface area contributed by atoms with Crippen LogP contribution in [0.3, 0.4) is 0 Å². The fraction of sp³-hybridized carbons (Fsp3) is 0.824. The molecule has 1 unspecified atom stereocenters. The quantitative estimate of drug-likeness (QED) is 0.360. The first-order valence-electron chi connectivity index (χ1n) is 9.35. The molecule has 1 atom stereocenters. The molecule has 3 heterocycles. The molecule has 1 aromatic rings. The Labute approximate surface area is 173 Å². The van der Waals surface area contributed by atoms with Crippen LogP contribution in [0.1, 0.15) is 31.9 Å². The third-order valence-electron chi connectivity index (χ3n) is 4.67. The average Bonchev–Trinajstić information content (AvgIpc) is 3.19. The van der Waals surface area contributed by atoms with Crippen LogP contribution in [-0.4, -0.2) is 71.6 Å². The summed E-state index contributed by atoms with van der Waals surface area (Å²) in [5.41, 5.74) is 0. The Morgan fingerprint density at radius 2 is 2.15 bits per heavy atom. The molecule has 8 nitrogen and oxygen atoms in total. The molecule has 0 aliphatic carbocycles. The Morgan fingerprint density at radius 3 is 2.92 bits per heavy atom. The molecule has 0 bridgehead atoms. The minimum atomic E-state index is 0. The van der Waals surface area contributed by atoms with E-state index in [0.29, 0.717) is 12.5 Å². The van der Waals surface area contributed by atoms with E-state index in [1.165, 1.54) is 0 Å². The second-order valence-electron chi connectivity index (χ2n) is 7.24. The largest absolute Gasteiger partial charge is 0.374 e. The Bertz CT molecular complexity index is 590. The minimum Gasteiger partial charge on any atom is -0.374 e. The van der Waals surface area contributed by atoms with Gasteiger partial charge in [-0.05, 0) is 12.3 Å². The lowest BCUT2D eigenvalue weighted by molar-refractivity contribution is -0.0284. The number of nitrogens with one attached hydrogen (secondary N) is 2. The smallest absolute Gasteiger partial charge is 0.191 e. The van der Waals surface area contributed by atoms with Crippen molar-refractivity contribution in [2.24, 2.45) is 10.9 Å². The summed E-state index contributed by atoms with van der Waals surface area (Å²) in [4.78, 5) is 6.78. The monoisotopic (exact) mass is 477 g/mol. The van der Waals surface area contributed by atoms with Gasteiger partial charge in [0, 0.05) is 46.2 Å². The lowest BCUT2D eigenvalue weighted by atomic mass is 10.2. The van der Waals surface area contributed by atoms with Gasteiger partial charge in [0.05, 0.1) is 19.3 Å². The summed E-state index contributed by atoms with van der Waals surface area (Å²) >= 11 is 0. The summed E-state index contributed by atoms with van der Waals surface area (Å²) in [5, 5.41) is 15.2. The van der Waals surface area contributed by atoms with Crippen LogP contribution >= 0.6 is 24.0 Å². The number of fused-ring (bicyclic) bond motifs is 1. The molecule has 0 aromatic carbocycles. The van der Waals surface area contributed by atoms with Gasteiger partial charge in [0.2, 0.25) is 0 Å². The zero-order chi connectivity index (χ0) is 17.6. The number of hydrogen-bond donors (Lipinski definition) is 2. The van der Waals surface area contributed by atoms with E-state index in [-0.39, 0.29) is 30.1 Å². The van der Waals surface area contributed by atoms with Gasteiger partial charge in [-0.25, -0.2) is 0 Å². The molecule has 148 valence electrons. The number of morpholine rings is 1. The summed E-state index contributed by atoms with van der Waals surface area (Å²) in [5.74, 6) is 3.54. The van der Waals surface area contributed by atoms with Crippen LogP contribution in [0.25, 0.3) is 0 Å². The maximum Gasteiger partial charge on any atom is 0.191 e. The van der Waals surface area contributed by atoms with E-state index >= 15 is 0 Å². The molecule has 9 heteroatoms. The van der Waals surface area contributed by atoms with Crippen molar-refractivity contribution in [2.45, 2.75) is 45.9 Å². The molecule has 1 aromatic heterocycles. The second kappa shape index (κ2) is 10.4. The van der Waals surface area contributed by atoms with Gasteiger partial charge >= 0.3 is 0 Å². The van der Waals surface area contributed by atoms with Gasteiger partial charge in [-0.2, -0.15) is 0 Å². The lowest BCUT2D eigenvalue weighted by Crippen LogP contribution is -2.50. The molecule has 0 amide bonds. The normalized spacial score (nSPS) is 20.8. The molecule has 1 fully saturated rings.